The molecule has 0 radical (unpaired) electrons. The molecule has 3 heterocycles. The molecule has 5 rings (SSSR count). The molecular formula is C27H32ClN3O3. The first-order chi connectivity index (χ1) is 16.3. The van der Waals surface area contributed by atoms with Crippen LogP contribution in [0.2, 0.25) is 5.02 Å². The fraction of sp³-hybridized carbons (Fsp3) is 0.481. The number of halogens is 1. The van der Waals surface area contributed by atoms with Gasteiger partial charge in [0.05, 0.1) is 12.1 Å². The highest BCUT2D eigenvalue weighted by atomic mass is 35.5. The summed E-state index contributed by atoms with van der Waals surface area (Å²) >= 11 is 6.08. The zero-order chi connectivity index (χ0) is 23.9. The van der Waals surface area contributed by atoms with Gasteiger partial charge >= 0.3 is 0 Å². The Kier molecular flexibility index (Phi) is 6.19. The summed E-state index contributed by atoms with van der Waals surface area (Å²) < 4.78 is 7.75. The summed E-state index contributed by atoms with van der Waals surface area (Å²) in [6.45, 7) is 4.49. The molecule has 180 valence electrons. The van der Waals surface area contributed by atoms with Crippen molar-refractivity contribution in [2.45, 2.75) is 83.5 Å². The number of carbonyl (C=O) groups is 2. The standard InChI is InChI=1S/C27H32ClN3O3/c1-18-14-22-24(34-18)15-23-25(32)31(16-19-10-12-20(28)13-11-19)27(2,17-30(22)23)26(33)29-21-8-6-4-3-5-7-9-21/h10-15,21H,3-9,16-17H2,1-2H3,(H,29,33)/t27-/m0/s1. The first kappa shape index (κ1) is 23.0. The van der Waals surface area contributed by atoms with Crippen LogP contribution >= 0.6 is 11.6 Å². The van der Waals surface area contributed by atoms with Crippen molar-refractivity contribution in [1.82, 2.24) is 14.8 Å². The predicted molar refractivity (Wildman–Crippen MR) is 133 cm³/mol. The van der Waals surface area contributed by atoms with Gasteiger partial charge in [-0.25, -0.2) is 0 Å². The number of hydrogen-bond donors (Lipinski definition) is 1. The molecule has 0 unspecified atom stereocenters. The first-order valence-electron chi connectivity index (χ1n) is 12.3. The summed E-state index contributed by atoms with van der Waals surface area (Å²) in [7, 11) is 0. The van der Waals surface area contributed by atoms with Crippen LogP contribution in [0, 0.1) is 6.92 Å². The molecule has 1 fully saturated rings. The third-order valence-electron chi connectivity index (χ3n) is 7.42. The number of benzene rings is 1. The van der Waals surface area contributed by atoms with Gasteiger partial charge in [0.2, 0.25) is 5.91 Å². The molecule has 3 aromatic rings. The monoisotopic (exact) mass is 481 g/mol. The van der Waals surface area contributed by atoms with Crippen LogP contribution in [0.15, 0.2) is 40.8 Å². The van der Waals surface area contributed by atoms with Crippen LogP contribution in [0.5, 0.6) is 0 Å². The van der Waals surface area contributed by atoms with E-state index in [1.165, 1.54) is 19.3 Å². The fourth-order valence-corrected chi connectivity index (χ4v) is 5.55. The number of hydrogen-bond acceptors (Lipinski definition) is 3. The molecule has 34 heavy (non-hydrogen) atoms. The molecule has 1 saturated carbocycles. The first-order valence-corrected chi connectivity index (χ1v) is 12.7. The molecule has 1 aromatic carbocycles. The predicted octanol–water partition coefficient (Wildman–Crippen LogP) is 5.84. The maximum Gasteiger partial charge on any atom is 0.271 e. The zero-order valence-electron chi connectivity index (χ0n) is 19.9. The van der Waals surface area contributed by atoms with Crippen LogP contribution in [-0.2, 0) is 17.9 Å². The van der Waals surface area contributed by atoms with Crippen LogP contribution in [0.4, 0.5) is 0 Å². The molecule has 0 saturated heterocycles. The minimum absolute atomic E-state index is 0.0897. The van der Waals surface area contributed by atoms with E-state index in [9.17, 15) is 9.59 Å². The summed E-state index contributed by atoms with van der Waals surface area (Å²) in [4.78, 5) is 29.4. The maximum absolute atomic E-state index is 13.9. The fourth-order valence-electron chi connectivity index (χ4n) is 5.42. The Balaban J connectivity index is 1.50. The molecule has 6 nitrogen and oxygen atoms in total. The van der Waals surface area contributed by atoms with E-state index in [0.717, 1.165) is 42.5 Å². The number of carbonyl (C=O) groups excluding carboxylic acids is 2. The number of amides is 2. The largest absolute Gasteiger partial charge is 0.460 e. The summed E-state index contributed by atoms with van der Waals surface area (Å²) in [5, 5.41) is 3.97. The van der Waals surface area contributed by atoms with Crippen molar-refractivity contribution in [3.63, 3.8) is 0 Å². The molecule has 2 amide bonds. The molecule has 0 bridgehead atoms. The zero-order valence-corrected chi connectivity index (χ0v) is 20.7. The van der Waals surface area contributed by atoms with Crippen molar-refractivity contribution < 1.29 is 14.0 Å². The number of aryl methyl sites for hydroxylation is 1. The number of aromatic nitrogens is 1. The van der Waals surface area contributed by atoms with Crippen molar-refractivity contribution in [2.24, 2.45) is 0 Å². The van der Waals surface area contributed by atoms with Gasteiger partial charge in [0.25, 0.3) is 5.91 Å². The lowest BCUT2D eigenvalue weighted by Gasteiger charge is -2.44. The van der Waals surface area contributed by atoms with Gasteiger partial charge < -0.3 is 19.2 Å². The summed E-state index contributed by atoms with van der Waals surface area (Å²) in [6.07, 6.45) is 7.96. The smallest absolute Gasteiger partial charge is 0.271 e. The maximum atomic E-state index is 13.9. The lowest BCUT2D eigenvalue weighted by Crippen LogP contribution is -2.64. The van der Waals surface area contributed by atoms with Gasteiger partial charge in [-0.05, 0) is 44.4 Å². The molecule has 1 atom stereocenters. The topological polar surface area (TPSA) is 67.5 Å². The van der Waals surface area contributed by atoms with Gasteiger partial charge in [-0.1, -0.05) is 55.8 Å². The lowest BCUT2D eigenvalue weighted by molar-refractivity contribution is -0.134. The van der Waals surface area contributed by atoms with Gasteiger partial charge in [0.1, 0.15) is 17.0 Å². The van der Waals surface area contributed by atoms with E-state index in [-0.39, 0.29) is 17.9 Å². The molecule has 1 N–H and O–H groups in total. The molecule has 1 aliphatic heterocycles. The van der Waals surface area contributed by atoms with Gasteiger partial charge in [0.15, 0.2) is 5.58 Å². The van der Waals surface area contributed by atoms with Crippen LogP contribution < -0.4 is 5.32 Å². The van der Waals surface area contributed by atoms with Crippen LogP contribution in [-0.4, -0.2) is 32.9 Å². The number of nitrogens with zero attached hydrogens (tertiary/aromatic N) is 2. The second kappa shape index (κ2) is 9.14. The summed E-state index contributed by atoms with van der Waals surface area (Å²) in [5.74, 6) is 0.533. The molecular weight excluding hydrogens is 450 g/mol. The van der Waals surface area contributed by atoms with Crippen molar-refractivity contribution in [1.29, 1.82) is 0 Å². The van der Waals surface area contributed by atoms with Gasteiger partial charge in [0, 0.05) is 29.7 Å². The molecule has 2 aliphatic rings. The number of rotatable bonds is 4. The van der Waals surface area contributed by atoms with E-state index in [0.29, 0.717) is 29.4 Å². The Bertz CT molecular complexity index is 1200. The van der Waals surface area contributed by atoms with E-state index >= 15 is 0 Å². The Morgan fingerprint density at radius 3 is 2.50 bits per heavy atom. The van der Waals surface area contributed by atoms with E-state index < -0.39 is 5.54 Å². The highest BCUT2D eigenvalue weighted by molar-refractivity contribution is 6.30. The van der Waals surface area contributed by atoms with E-state index in [2.05, 4.69) is 5.32 Å². The second-order valence-electron chi connectivity index (χ2n) is 10.0. The highest BCUT2D eigenvalue weighted by Gasteiger charge is 2.48. The second-order valence-corrected chi connectivity index (χ2v) is 10.5. The van der Waals surface area contributed by atoms with Gasteiger partial charge in [-0.15, -0.1) is 0 Å². The average Bonchev–Trinajstić information content (AvgIpc) is 3.31. The van der Waals surface area contributed by atoms with Crippen molar-refractivity contribution in [3.8, 4) is 0 Å². The Morgan fingerprint density at radius 1 is 1.12 bits per heavy atom. The van der Waals surface area contributed by atoms with Crippen LogP contribution in [0.3, 0.4) is 0 Å². The minimum Gasteiger partial charge on any atom is -0.460 e. The van der Waals surface area contributed by atoms with E-state index in [1.807, 2.05) is 48.7 Å². The number of furan rings is 1. The van der Waals surface area contributed by atoms with Crippen molar-refractivity contribution in [2.75, 3.05) is 0 Å². The van der Waals surface area contributed by atoms with Crippen LogP contribution in [0.25, 0.3) is 11.1 Å². The number of fused-ring (bicyclic) bond motifs is 3. The average molecular weight is 482 g/mol. The minimum atomic E-state index is -1.04. The molecule has 1 aliphatic carbocycles. The third kappa shape index (κ3) is 4.24. The Hall–Kier alpha value is -2.73. The van der Waals surface area contributed by atoms with Crippen LogP contribution in [0.1, 0.15) is 73.7 Å². The Labute approximate surface area is 205 Å². The molecule has 0 spiro atoms. The normalized spacial score (nSPS) is 21.9. The van der Waals surface area contributed by atoms with E-state index in [1.54, 1.807) is 11.0 Å². The Morgan fingerprint density at radius 2 is 1.79 bits per heavy atom. The number of nitrogens with one attached hydrogen (secondary N) is 1. The third-order valence-corrected chi connectivity index (χ3v) is 7.67. The molecule has 7 heteroatoms. The summed E-state index contributed by atoms with van der Waals surface area (Å²) in [6, 6.07) is 11.3. The molecule has 2 aromatic heterocycles. The highest BCUT2D eigenvalue weighted by Crippen LogP contribution is 2.35. The van der Waals surface area contributed by atoms with Crippen molar-refractivity contribution >= 4 is 34.5 Å². The summed E-state index contributed by atoms with van der Waals surface area (Å²) in [5.41, 5.74) is 1.98. The van der Waals surface area contributed by atoms with Crippen molar-refractivity contribution in [3.05, 3.63) is 58.4 Å². The lowest BCUT2D eigenvalue weighted by atomic mass is 9.91. The van der Waals surface area contributed by atoms with Gasteiger partial charge in [-0.3, -0.25) is 9.59 Å². The van der Waals surface area contributed by atoms with Gasteiger partial charge in [-0.2, -0.15) is 0 Å². The SMILES string of the molecule is Cc1cc2c(cc3n2C[C@@](C)(C(=O)NC2CCCCCCC2)N(Cc2ccc(Cl)cc2)C3=O)o1. The van der Waals surface area contributed by atoms with E-state index in [4.69, 9.17) is 16.0 Å². The quantitative estimate of drug-likeness (QED) is 0.509.